The van der Waals surface area contributed by atoms with E-state index in [0.717, 1.165) is 11.8 Å². The van der Waals surface area contributed by atoms with Gasteiger partial charge in [-0.3, -0.25) is 11.8 Å². The van der Waals surface area contributed by atoms with Crippen LogP contribution in [0.15, 0.2) is 0 Å². The Morgan fingerprint density at radius 1 is 0.923 bits per heavy atom. The first-order valence-electron chi connectivity index (χ1n) is 3.17. The molecule has 1 N–H and O–H groups in total. The van der Waals surface area contributed by atoms with Crippen molar-refractivity contribution in [3.05, 3.63) is 17.4 Å². The predicted molar refractivity (Wildman–Crippen MR) is 46.5 cm³/mol. The minimum Gasteiger partial charge on any atom is -0.715 e. The molecule has 0 amide bonds. The van der Waals surface area contributed by atoms with Gasteiger partial charge in [-0.25, -0.2) is 10.5 Å². The summed E-state index contributed by atoms with van der Waals surface area (Å²) in [5, 5.41) is 15.7. The van der Waals surface area contributed by atoms with Crippen LogP contribution in [0.4, 0.5) is 0 Å². The molecule has 0 aromatic carbocycles. The van der Waals surface area contributed by atoms with Gasteiger partial charge in [0.05, 0.1) is 0 Å². The van der Waals surface area contributed by atoms with Crippen LogP contribution in [0.3, 0.4) is 0 Å². The van der Waals surface area contributed by atoms with Crippen LogP contribution < -0.4 is 0 Å². The molecule has 0 atom stereocenters. The molecule has 0 aromatic heterocycles. The second-order valence-corrected chi connectivity index (χ2v) is 2.22. The van der Waals surface area contributed by atoms with Gasteiger partial charge in [-0.1, -0.05) is 0 Å². The van der Waals surface area contributed by atoms with Crippen molar-refractivity contribution in [3.8, 4) is 12.1 Å². The fourth-order valence-corrected chi connectivity index (χ4v) is 0. The SMILES string of the molecule is C[C-](C)C#N.C[C-](C)C#N.[Au+3].[N-]=N. The monoisotopic (exact) mass is 362 g/mol. The largest absolute Gasteiger partial charge is 3.00 e. The normalized spacial score (nSPS) is 4.77. The summed E-state index contributed by atoms with van der Waals surface area (Å²) in [5.41, 5.74) is 11.0. The van der Waals surface area contributed by atoms with Gasteiger partial charge in [-0.2, -0.15) is 27.7 Å². The summed E-state index contributed by atoms with van der Waals surface area (Å²) in [7, 11) is 0. The second-order valence-electron chi connectivity index (χ2n) is 2.22. The van der Waals surface area contributed by atoms with Crippen LogP contribution in [0.2, 0.25) is 0 Å². The topological polar surface area (TPSA) is 93.7 Å². The zero-order valence-corrected chi connectivity index (χ0v) is 10.3. The molecule has 0 heterocycles. The molecule has 0 spiro atoms. The molecule has 0 bridgehead atoms. The van der Waals surface area contributed by atoms with Gasteiger partial charge in [0.25, 0.3) is 0 Å². The Morgan fingerprint density at radius 3 is 1.00 bits per heavy atom. The van der Waals surface area contributed by atoms with Gasteiger partial charge in [0.2, 0.25) is 0 Å². The zero-order valence-electron chi connectivity index (χ0n) is 8.14. The summed E-state index contributed by atoms with van der Waals surface area (Å²) in [4.78, 5) is 0. The van der Waals surface area contributed by atoms with Crippen molar-refractivity contribution in [3.63, 3.8) is 0 Å². The molecular formula is C8H13AuN4. The zero-order chi connectivity index (χ0) is 10.6. The number of hydrogen-bond acceptors (Lipinski definition) is 3. The smallest absolute Gasteiger partial charge is 0.715 e. The number of nitrogens with one attached hydrogen (secondary N) is 1. The Kier molecular flexibility index (Phi) is 39.2. The van der Waals surface area contributed by atoms with E-state index in [0.29, 0.717) is 0 Å². The van der Waals surface area contributed by atoms with Gasteiger partial charge in [0.15, 0.2) is 0 Å². The van der Waals surface area contributed by atoms with Gasteiger partial charge in [-0.15, -0.1) is 12.1 Å². The fourth-order valence-electron chi connectivity index (χ4n) is 0. The van der Waals surface area contributed by atoms with Crippen molar-refractivity contribution in [2.24, 2.45) is 0 Å². The Labute approximate surface area is 95.8 Å². The van der Waals surface area contributed by atoms with Crippen molar-refractivity contribution in [2.45, 2.75) is 27.7 Å². The summed E-state index contributed by atoms with van der Waals surface area (Å²) in [6.07, 6.45) is 0. The molecule has 13 heavy (non-hydrogen) atoms. The molecule has 4 nitrogen and oxygen atoms in total. The Morgan fingerprint density at radius 2 is 1.00 bits per heavy atom. The van der Waals surface area contributed by atoms with E-state index in [-0.39, 0.29) is 22.4 Å². The second kappa shape index (κ2) is 22.5. The first-order valence-corrected chi connectivity index (χ1v) is 3.17. The third kappa shape index (κ3) is 96.9. The molecular weight excluding hydrogens is 349 g/mol. The first-order chi connectivity index (χ1) is 5.54. The number of rotatable bonds is 0. The molecule has 0 radical (unpaired) electrons. The average molecular weight is 362 g/mol. The molecule has 0 aromatic rings. The van der Waals surface area contributed by atoms with Crippen LogP contribution in [0.1, 0.15) is 27.7 Å². The maximum atomic E-state index is 7.86. The first kappa shape index (κ1) is 22.7. The Balaban J connectivity index is -0.0000000491. The molecule has 76 valence electrons. The third-order valence-corrected chi connectivity index (χ3v) is 0.447. The molecule has 5 heteroatoms. The van der Waals surface area contributed by atoms with Crippen LogP contribution in [0, 0.1) is 40.0 Å². The van der Waals surface area contributed by atoms with E-state index in [2.05, 4.69) is 0 Å². The number of hydrogen-bond donors (Lipinski definition) is 1. The average Bonchev–Trinajstić information content (AvgIpc) is 2.09. The van der Waals surface area contributed by atoms with Crippen LogP contribution in [0.5, 0.6) is 0 Å². The summed E-state index contributed by atoms with van der Waals surface area (Å²) in [5.74, 6) is 1.62. The molecule has 0 aliphatic rings. The standard InChI is InChI=1S/2C4H6N.Au.HN2/c2*1-4(2)3-5;;1-2/h2*1-2H3;;1H/q2*-1;+3;-1. The van der Waals surface area contributed by atoms with Gasteiger partial charge < -0.3 is 11.1 Å². The Bertz CT molecular complexity index is 137. The van der Waals surface area contributed by atoms with E-state index in [1.807, 2.05) is 12.1 Å². The van der Waals surface area contributed by atoms with Crippen molar-refractivity contribution in [1.29, 1.82) is 16.1 Å². The van der Waals surface area contributed by atoms with Crippen LogP contribution in [-0.4, -0.2) is 0 Å². The van der Waals surface area contributed by atoms with Crippen LogP contribution in [0.25, 0.3) is 5.53 Å². The van der Waals surface area contributed by atoms with Crippen molar-refractivity contribution in [1.82, 2.24) is 0 Å². The Hall–Kier alpha value is -0.940. The summed E-state index contributed by atoms with van der Waals surface area (Å²) >= 11 is 0. The van der Waals surface area contributed by atoms with Crippen LogP contribution in [-0.2, 0) is 22.4 Å². The van der Waals surface area contributed by atoms with Gasteiger partial charge >= 0.3 is 22.4 Å². The van der Waals surface area contributed by atoms with Gasteiger partial charge in [0.1, 0.15) is 0 Å². The molecule has 0 fully saturated rings. The van der Waals surface area contributed by atoms with Gasteiger partial charge in [-0.05, 0) is 0 Å². The molecule has 0 unspecified atom stereocenters. The maximum Gasteiger partial charge on any atom is 3.00 e. The quantitative estimate of drug-likeness (QED) is 0.408. The van der Waals surface area contributed by atoms with Crippen molar-refractivity contribution >= 4 is 0 Å². The summed E-state index contributed by atoms with van der Waals surface area (Å²) in [6, 6.07) is 3.89. The fraction of sp³-hybridized carbons (Fsp3) is 0.500. The van der Waals surface area contributed by atoms with E-state index in [9.17, 15) is 0 Å². The molecule has 0 rings (SSSR count). The van der Waals surface area contributed by atoms with Crippen molar-refractivity contribution in [2.75, 3.05) is 0 Å². The minimum atomic E-state index is 0. The van der Waals surface area contributed by atoms with E-state index in [1.54, 1.807) is 27.7 Å². The molecule has 0 aliphatic heterocycles. The van der Waals surface area contributed by atoms with Crippen LogP contribution >= 0.6 is 0 Å². The third-order valence-electron chi connectivity index (χ3n) is 0.447. The van der Waals surface area contributed by atoms with Gasteiger partial charge in [0, 0.05) is 0 Å². The van der Waals surface area contributed by atoms with Crippen molar-refractivity contribution < 1.29 is 22.4 Å². The molecule has 0 saturated heterocycles. The summed E-state index contributed by atoms with van der Waals surface area (Å²) in [6.45, 7) is 7.11. The number of nitriles is 2. The van der Waals surface area contributed by atoms with E-state index in [1.165, 1.54) is 0 Å². The molecule has 0 aliphatic carbocycles. The van der Waals surface area contributed by atoms with E-state index in [4.69, 9.17) is 21.6 Å². The predicted octanol–water partition coefficient (Wildman–Crippen LogP) is 2.83. The molecule has 0 saturated carbocycles. The number of nitrogens with zero attached hydrogens (tertiary/aromatic N) is 3. The maximum absolute atomic E-state index is 7.86. The van der Waals surface area contributed by atoms with E-state index < -0.39 is 0 Å². The minimum absolute atomic E-state index is 0. The van der Waals surface area contributed by atoms with E-state index >= 15 is 0 Å². The summed E-state index contributed by atoms with van der Waals surface area (Å²) < 4.78 is 0.